The van der Waals surface area contributed by atoms with E-state index in [1.807, 2.05) is 63.7 Å². The van der Waals surface area contributed by atoms with Crippen molar-refractivity contribution in [1.82, 2.24) is 9.13 Å². The molecule has 0 amide bonds. The maximum absolute atomic E-state index is 10.1. The summed E-state index contributed by atoms with van der Waals surface area (Å²) in [6, 6.07) is 58.5. The average molecular weight is 676 g/mol. The van der Waals surface area contributed by atoms with Crippen LogP contribution in [0.5, 0.6) is 0 Å². The van der Waals surface area contributed by atoms with Gasteiger partial charge in [0.1, 0.15) is 24.3 Å². The van der Waals surface area contributed by atoms with Gasteiger partial charge in [0.25, 0.3) is 0 Å². The Balaban J connectivity index is 1.30. The molecule has 0 saturated carbocycles. The Morgan fingerprint density at radius 2 is 0.717 bits per heavy atom. The second kappa shape index (κ2) is 12.3. The summed E-state index contributed by atoms with van der Waals surface area (Å²) in [5.41, 5.74) is 9.19. The topological polar surface area (TPSA) is 108 Å². The first kappa shape index (κ1) is 30.9. The van der Waals surface area contributed by atoms with Gasteiger partial charge < -0.3 is 14.0 Å². The minimum Gasteiger partial charge on any atom is -0.310 e. The molecule has 0 saturated heterocycles. The third kappa shape index (κ3) is 4.71. The van der Waals surface area contributed by atoms with E-state index in [1.54, 1.807) is 36.4 Å². The molecule has 0 bridgehead atoms. The van der Waals surface area contributed by atoms with Crippen molar-refractivity contribution < 1.29 is 0 Å². The number of hydrogen-bond acceptors (Lipinski definition) is 5. The molecule has 7 nitrogen and oxygen atoms in total. The highest BCUT2D eigenvalue weighted by molar-refractivity contribution is 6.13. The molecule has 244 valence electrons. The zero-order valence-electron chi connectivity index (χ0n) is 28.1. The Morgan fingerprint density at radius 1 is 0.340 bits per heavy atom. The number of fused-ring (bicyclic) bond motifs is 6. The monoisotopic (exact) mass is 675 g/mol. The molecule has 53 heavy (non-hydrogen) atoms. The highest BCUT2D eigenvalue weighted by atomic mass is 15.1. The summed E-state index contributed by atoms with van der Waals surface area (Å²) in [5, 5.41) is 44.4. The van der Waals surface area contributed by atoms with Crippen LogP contribution in [0.15, 0.2) is 152 Å². The van der Waals surface area contributed by atoms with Gasteiger partial charge in [-0.1, -0.05) is 66.7 Å². The Labute approximate surface area is 304 Å². The quantitative estimate of drug-likeness (QED) is 0.180. The number of anilines is 3. The van der Waals surface area contributed by atoms with Crippen LogP contribution in [0, 0.1) is 45.3 Å². The molecule has 0 aliphatic rings. The molecule has 0 spiro atoms. The van der Waals surface area contributed by atoms with E-state index in [-0.39, 0.29) is 0 Å². The van der Waals surface area contributed by atoms with Crippen LogP contribution in [0.25, 0.3) is 55.0 Å². The van der Waals surface area contributed by atoms with Crippen LogP contribution in [0.3, 0.4) is 0 Å². The molecule has 9 rings (SSSR count). The van der Waals surface area contributed by atoms with Crippen LogP contribution < -0.4 is 4.90 Å². The smallest absolute Gasteiger partial charge is 0.101 e. The van der Waals surface area contributed by atoms with E-state index in [0.29, 0.717) is 33.6 Å². The summed E-state index contributed by atoms with van der Waals surface area (Å²) >= 11 is 0. The molecule has 7 heteroatoms. The van der Waals surface area contributed by atoms with Gasteiger partial charge in [0.2, 0.25) is 0 Å². The average Bonchev–Trinajstić information content (AvgIpc) is 3.72. The van der Waals surface area contributed by atoms with Gasteiger partial charge in [0.15, 0.2) is 0 Å². The number of para-hydroxylation sites is 5. The lowest BCUT2D eigenvalue weighted by atomic mass is 10.1. The zero-order valence-corrected chi connectivity index (χ0v) is 28.1. The van der Waals surface area contributed by atoms with Gasteiger partial charge >= 0.3 is 0 Å². The molecule has 0 aliphatic heterocycles. The molecule has 0 N–H and O–H groups in total. The lowest BCUT2D eigenvalue weighted by molar-refractivity contribution is 1.15. The first-order valence-corrected chi connectivity index (χ1v) is 16.9. The van der Waals surface area contributed by atoms with Gasteiger partial charge in [-0.25, -0.2) is 0 Å². The van der Waals surface area contributed by atoms with Gasteiger partial charge in [-0.3, -0.25) is 0 Å². The first-order chi connectivity index (χ1) is 26.1. The molecule has 7 aromatic carbocycles. The minimum atomic E-state index is 0.424. The lowest BCUT2D eigenvalue weighted by Gasteiger charge is -2.26. The Morgan fingerprint density at radius 3 is 1.13 bits per heavy atom. The van der Waals surface area contributed by atoms with Crippen molar-refractivity contribution in [3.63, 3.8) is 0 Å². The van der Waals surface area contributed by atoms with Crippen molar-refractivity contribution in [3.8, 4) is 35.7 Å². The number of rotatable bonds is 5. The third-order valence-electron chi connectivity index (χ3n) is 9.84. The number of benzene rings is 7. The van der Waals surface area contributed by atoms with Crippen LogP contribution in [0.1, 0.15) is 22.3 Å². The number of nitriles is 4. The zero-order chi connectivity index (χ0) is 36.1. The summed E-state index contributed by atoms with van der Waals surface area (Å²) in [7, 11) is 0. The van der Waals surface area contributed by atoms with Crippen molar-refractivity contribution >= 4 is 60.7 Å². The Hall–Kier alpha value is -8.10. The number of aromatic nitrogens is 2. The molecular weight excluding hydrogens is 651 g/mol. The first-order valence-electron chi connectivity index (χ1n) is 16.9. The predicted octanol–water partition coefficient (Wildman–Crippen LogP) is 10.8. The summed E-state index contributed by atoms with van der Waals surface area (Å²) in [6.07, 6.45) is 0. The molecule has 0 unspecified atom stereocenters. The van der Waals surface area contributed by atoms with Crippen molar-refractivity contribution in [1.29, 1.82) is 21.0 Å². The molecule has 0 atom stereocenters. The number of hydrogen-bond donors (Lipinski definition) is 0. The second-order valence-electron chi connectivity index (χ2n) is 12.6. The normalized spacial score (nSPS) is 10.9. The summed E-state index contributed by atoms with van der Waals surface area (Å²) < 4.78 is 4.04. The van der Waals surface area contributed by atoms with E-state index in [4.69, 9.17) is 0 Å². The lowest BCUT2D eigenvalue weighted by Crippen LogP contribution is -2.10. The summed E-state index contributed by atoms with van der Waals surface area (Å²) in [5.74, 6) is 0. The fourth-order valence-electron chi connectivity index (χ4n) is 7.64. The fraction of sp³-hybridized carbons (Fsp3) is 0. The van der Waals surface area contributed by atoms with Gasteiger partial charge in [-0.15, -0.1) is 0 Å². The van der Waals surface area contributed by atoms with Crippen LogP contribution in [0.4, 0.5) is 17.1 Å². The highest BCUT2D eigenvalue weighted by Crippen LogP contribution is 2.43. The van der Waals surface area contributed by atoms with E-state index < -0.39 is 0 Å². The van der Waals surface area contributed by atoms with E-state index in [2.05, 4.69) is 89.8 Å². The molecule has 2 aromatic heterocycles. The highest BCUT2D eigenvalue weighted by Gasteiger charge is 2.22. The largest absolute Gasteiger partial charge is 0.310 e. The SMILES string of the molecule is N#Cc1cccc(C#N)c1-n1c2ccccc2c2cc(N(c3ccccc3)c3ccc4c(c3)c3ccccc3n4-c3c(C#N)cccc3C#N)ccc21. The Kier molecular flexibility index (Phi) is 7.20. The van der Waals surface area contributed by atoms with Gasteiger partial charge in [0.05, 0.1) is 55.7 Å². The van der Waals surface area contributed by atoms with Gasteiger partial charge in [0, 0.05) is 38.6 Å². The number of nitrogens with zero attached hydrogens (tertiary/aromatic N) is 7. The molecular formula is C46H25N7. The molecule has 0 aliphatic carbocycles. The maximum Gasteiger partial charge on any atom is 0.101 e. The molecule has 2 heterocycles. The van der Waals surface area contributed by atoms with Crippen molar-refractivity contribution in [2.75, 3.05) is 4.90 Å². The van der Waals surface area contributed by atoms with E-state index in [0.717, 1.165) is 60.7 Å². The molecule has 0 radical (unpaired) electrons. The second-order valence-corrected chi connectivity index (χ2v) is 12.6. The van der Waals surface area contributed by atoms with Crippen LogP contribution in [-0.2, 0) is 0 Å². The summed E-state index contributed by atoms with van der Waals surface area (Å²) in [6.45, 7) is 0. The van der Waals surface area contributed by atoms with E-state index in [1.165, 1.54) is 0 Å². The fourth-order valence-corrected chi connectivity index (χ4v) is 7.64. The molecule has 9 aromatic rings. The van der Waals surface area contributed by atoms with E-state index in [9.17, 15) is 21.0 Å². The van der Waals surface area contributed by atoms with Crippen LogP contribution >= 0.6 is 0 Å². The third-order valence-corrected chi connectivity index (χ3v) is 9.84. The van der Waals surface area contributed by atoms with Crippen molar-refractivity contribution in [2.45, 2.75) is 0 Å². The van der Waals surface area contributed by atoms with Crippen molar-refractivity contribution in [3.05, 3.63) is 174 Å². The summed E-state index contributed by atoms with van der Waals surface area (Å²) in [4.78, 5) is 2.21. The van der Waals surface area contributed by atoms with Crippen molar-refractivity contribution in [2.24, 2.45) is 0 Å². The molecule has 0 fully saturated rings. The van der Waals surface area contributed by atoms with Crippen LogP contribution in [0.2, 0.25) is 0 Å². The van der Waals surface area contributed by atoms with Crippen LogP contribution in [-0.4, -0.2) is 9.13 Å². The Bertz CT molecular complexity index is 2860. The standard InChI is InChI=1S/C46H25N7/c47-26-30-10-8-11-31(27-48)45(30)52-41-18-6-4-16-37(41)39-24-35(20-22-43(39)52)51(34-14-2-1-3-15-34)36-21-23-44-40(25-36)38-17-5-7-19-42(38)53(44)46-32(28-49)12-9-13-33(46)29-50/h1-25H. The van der Waals surface area contributed by atoms with Gasteiger partial charge in [-0.2, -0.15) is 21.0 Å². The predicted molar refractivity (Wildman–Crippen MR) is 209 cm³/mol. The van der Waals surface area contributed by atoms with E-state index >= 15 is 0 Å². The van der Waals surface area contributed by atoms with Gasteiger partial charge in [-0.05, 0) is 84.9 Å². The maximum atomic E-state index is 10.1. The minimum absolute atomic E-state index is 0.424.